The van der Waals surface area contributed by atoms with Crippen LogP contribution < -0.4 is 9.91 Å². The number of rotatable bonds is 7. The lowest BCUT2D eigenvalue weighted by Gasteiger charge is -2.32. The fourth-order valence-corrected chi connectivity index (χ4v) is 9.71. The number of fused-ring (bicyclic) bond motifs is 2. The van der Waals surface area contributed by atoms with E-state index in [0.29, 0.717) is 31.5 Å². The van der Waals surface area contributed by atoms with Crippen LogP contribution in [0.4, 0.5) is 11.4 Å². The first-order valence-electron chi connectivity index (χ1n) is 14.6. The van der Waals surface area contributed by atoms with Crippen molar-refractivity contribution in [2.75, 3.05) is 16.5 Å². The number of benzene rings is 3. The van der Waals surface area contributed by atoms with Crippen LogP contribution in [0.2, 0.25) is 18.6 Å². The van der Waals surface area contributed by atoms with Crippen molar-refractivity contribution < 1.29 is 24.2 Å². The molecule has 6 rings (SSSR count). The van der Waals surface area contributed by atoms with E-state index in [9.17, 15) is 19.5 Å². The van der Waals surface area contributed by atoms with Crippen molar-refractivity contribution >= 4 is 37.2 Å². The summed E-state index contributed by atoms with van der Waals surface area (Å²) in [7, 11) is -2.73. The monoisotopic (exact) mass is 583 g/mol. The highest BCUT2D eigenvalue weighted by Gasteiger charge is 2.66. The van der Waals surface area contributed by atoms with Crippen molar-refractivity contribution in [3.8, 4) is 0 Å². The molecule has 2 amide bonds. The normalized spacial score (nSPS) is 25.7. The van der Waals surface area contributed by atoms with Crippen LogP contribution in [0.5, 0.6) is 0 Å². The highest BCUT2D eigenvalue weighted by molar-refractivity contribution is 6.71. The van der Waals surface area contributed by atoms with E-state index in [-0.39, 0.29) is 29.9 Å². The maximum Gasteiger partial charge on any atom is 0.264 e. The molecule has 3 aromatic rings. The number of carbonyl (C=O) groups is 2. The van der Waals surface area contributed by atoms with Crippen LogP contribution in [0.1, 0.15) is 42.9 Å². The van der Waals surface area contributed by atoms with E-state index in [1.165, 1.54) is 5.01 Å². The molecule has 0 aliphatic carbocycles. The van der Waals surface area contributed by atoms with Gasteiger partial charge in [-0.05, 0) is 48.8 Å². The number of anilines is 2. The minimum atomic E-state index is -2.73. The highest BCUT2D eigenvalue weighted by atomic mass is 28.4. The summed E-state index contributed by atoms with van der Waals surface area (Å²) in [6.45, 7) is 6.02. The van der Waals surface area contributed by atoms with Crippen LogP contribution in [0.25, 0.3) is 0 Å². The number of para-hydroxylation sites is 1. The van der Waals surface area contributed by atoms with E-state index in [0.717, 1.165) is 28.1 Å². The molecule has 218 valence electrons. The number of hydrazone groups is 1. The van der Waals surface area contributed by atoms with Crippen LogP contribution >= 0.6 is 0 Å². The van der Waals surface area contributed by atoms with Gasteiger partial charge in [-0.1, -0.05) is 67.6 Å². The largest absolute Gasteiger partial charge is 0.432 e. The average Bonchev–Trinajstić information content (AvgIpc) is 3.41. The Bertz CT molecular complexity index is 1520. The van der Waals surface area contributed by atoms with Crippen LogP contribution in [0.15, 0.2) is 84.0 Å². The van der Waals surface area contributed by atoms with Crippen LogP contribution in [-0.2, 0) is 26.5 Å². The highest BCUT2D eigenvalue weighted by Crippen LogP contribution is 2.59. The van der Waals surface area contributed by atoms with Gasteiger partial charge >= 0.3 is 0 Å². The summed E-state index contributed by atoms with van der Waals surface area (Å²) in [4.78, 5) is 40.1. The summed E-state index contributed by atoms with van der Waals surface area (Å²) in [6, 6.07) is 25.2. The van der Waals surface area contributed by atoms with Crippen molar-refractivity contribution in [3.05, 3.63) is 95.6 Å². The number of aliphatic hydroxyl groups is 1. The first-order valence-corrected chi connectivity index (χ1v) is 17.6. The van der Waals surface area contributed by atoms with Gasteiger partial charge in [-0.25, -0.2) is 5.01 Å². The van der Waals surface area contributed by atoms with Gasteiger partial charge in [0.15, 0.2) is 13.9 Å². The molecule has 0 saturated carbocycles. The molecule has 0 radical (unpaired) electrons. The smallest absolute Gasteiger partial charge is 0.264 e. The third kappa shape index (κ3) is 4.70. The molecule has 0 aromatic heterocycles. The molecule has 3 aliphatic rings. The summed E-state index contributed by atoms with van der Waals surface area (Å²) in [5, 5.41) is 15.9. The number of aliphatic hydroxyl groups excluding tert-OH is 1. The van der Waals surface area contributed by atoms with Gasteiger partial charge < -0.3 is 19.5 Å². The fourth-order valence-electron chi connectivity index (χ4n) is 7.10. The quantitative estimate of drug-likeness (QED) is 0.384. The lowest BCUT2D eigenvalue weighted by molar-refractivity contribution is -0.146. The summed E-state index contributed by atoms with van der Waals surface area (Å²) in [6.07, 6.45) is 0.956. The molecule has 1 spiro atoms. The maximum absolute atomic E-state index is 14.4. The topological polar surface area (TPSA) is 103 Å². The summed E-state index contributed by atoms with van der Waals surface area (Å²) in [5.74, 6) is -0.460. The van der Waals surface area contributed by atoms with Gasteiger partial charge in [0.05, 0.1) is 29.7 Å². The first kappa shape index (κ1) is 28.5. The number of ether oxygens (including phenoxy) is 1. The molecular formula is C33H37N3O5Si. The minimum Gasteiger partial charge on any atom is -0.432 e. The Morgan fingerprint density at radius 2 is 1.67 bits per heavy atom. The average molecular weight is 584 g/mol. The number of hydrogen-bond donors (Lipinski definition) is 2. The van der Waals surface area contributed by atoms with Gasteiger partial charge in [0.1, 0.15) is 0 Å². The number of carbonyl (C=O) groups excluding carboxylic acids is 2. The van der Waals surface area contributed by atoms with Crippen molar-refractivity contribution in [1.82, 2.24) is 0 Å². The van der Waals surface area contributed by atoms with E-state index < -0.39 is 20.0 Å². The Labute approximate surface area is 247 Å². The Balaban J connectivity index is 1.28. The lowest BCUT2D eigenvalue weighted by atomic mass is 9.82. The molecule has 1 saturated heterocycles. The van der Waals surface area contributed by atoms with Gasteiger partial charge in [-0.15, -0.1) is 0 Å². The Morgan fingerprint density at radius 3 is 2.36 bits per heavy atom. The Morgan fingerprint density at radius 1 is 0.976 bits per heavy atom. The molecule has 3 heterocycles. The third-order valence-electron chi connectivity index (χ3n) is 8.97. The number of nitrogens with zero attached hydrogens (tertiary/aromatic N) is 3. The van der Waals surface area contributed by atoms with Crippen LogP contribution in [-0.4, -0.2) is 48.5 Å². The zero-order valence-electron chi connectivity index (χ0n) is 24.2. The fraction of sp³-hybridized carbons (Fsp3) is 0.364. The second-order valence-electron chi connectivity index (χ2n) is 12.1. The molecule has 4 atom stereocenters. The molecule has 1 fully saturated rings. The van der Waals surface area contributed by atoms with Crippen molar-refractivity contribution in [2.45, 2.75) is 63.1 Å². The molecule has 8 nitrogen and oxygen atoms in total. The first-order chi connectivity index (χ1) is 20.1. The molecule has 42 heavy (non-hydrogen) atoms. The Kier molecular flexibility index (Phi) is 7.39. The molecule has 2 N–H and O–H groups in total. The van der Waals surface area contributed by atoms with Gasteiger partial charge in [0.2, 0.25) is 5.91 Å². The third-order valence-corrected chi connectivity index (χ3v) is 11.5. The molecule has 3 aliphatic heterocycles. The predicted molar refractivity (Wildman–Crippen MR) is 165 cm³/mol. The molecule has 9 heteroatoms. The second-order valence-corrected chi connectivity index (χ2v) is 16.0. The molecular weight excluding hydrogens is 546 g/mol. The summed E-state index contributed by atoms with van der Waals surface area (Å²) < 4.78 is 6.63. The predicted octanol–water partition coefficient (Wildman–Crippen LogP) is 4.94. The summed E-state index contributed by atoms with van der Waals surface area (Å²) >= 11 is 0. The molecule has 0 bridgehead atoms. The zero-order valence-corrected chi connectivity index (χ0v) is 25.2. The standard InChI is InChI=1S/C33H37N3O5Si/c1-22-31(42(2,3)40)29(19-20-37)41-33(22)26-11-7-8-12-28(26)35(32(33)39)21-23-13-15-25(16-14-23)36-30(38)18-17-27(34-36)24-9-5-4-6-10-24/h4-16,22,29,31,37,40H,17-21H2,1-3H3/t22-,29+,31-,33+/m0/s1. The van der Waals surface area contributed by atoms with Crippen molar-refractivity contribution in [1.29, 1.82) is 0 Å². The van der Waals surface area contributed by atoms with E-state index >= 15 is 0 Å². The van der Waals surface area contributed by atoms with Crippen molar-refractivity contribution in [2.24, 2.45) is 11.0 Å². The number of hydrogen-bond acceptors (Lipinski definition) is 6. The van der Waals surface area contributed by atoms with Gasteiger partial charge in [0, 0.05) is 36.5 Å². The van der Waals surface area contributed by atoms with Gasteiger partial charge in [-0.2, -0.15) is 5.10 Å². The molecule has 0 unspecified atom stereocenters. The van der Waals surface area contributed by atoms with Gasteiger partial charge in [0.25, 0.3) is 5.91 Å². The van der Waals surface area contributed by atoms with Crippen molar-refractivity contribution in [3.63, 3.8) is 0 Å². The van der Waals surface area contributed by atoms with E-state index in [1.807, 2.05) is 98.9 Å². The molecule has 3 aromatic carbocycles. The second kappa shape index (κ2) is 10.9. The van der Waals surface area contributed by atoms with E-state index in [4.69, 9.17) is 4.74 Å². The van der Waals surface area contributed by atoms with Gasteiger partial charge in [-0.3, -0.25) is 9.59 Å². The minimum absolute atomic E-state index is 0.0530. The van der Waals surface area contributed by atoms with E-state index in [2.05, 4.69) is 5.10 Å². The van der Waals surface area contributed by atoms with E-state index in [1.54, 1.807) is 4.90 Å². The number of amides is 2. The maximum atomic E-state index is 14.4. The Hall–Kier alpha value is -3.63. The van der Waals surface area contributed by atoms with Crippen LogP contribution in [0, 0.1) is 5.92 Å². The zero-order chi connectivity index (χ0) is 29.6. The summed E-state index contributed by atoms with van der Waals surface area (Å²) in [5.41, 5.74) is 3.65. The lowest BCUT2D eigenvalue weighted by Crippen LogP contribution is -2.46. The van der Waals surface area contributed by atoms with Crippen LogP contribution in [0.3, 0.4) is 0 Å². The SMILES string of the molecule is C[C@H]1[C@H]([Si](C)(C)O)[C@@H](CCO)O[C@]12C(=O)N(Cc1ccc(N3N=C(c4ccccc4)CCC3=O)cc1)c1ccccc12.